The van der Waals surface area contributed by atoms with E-state index in [4.69, 9.17) is 9.26 Å². The highest BCUT2D eigenvalue weighted by Gasteiger charge is 2.16. The van der Waals surface area contributed by atoms with Crippen molar-refractivity contribution in [2.24, 2.45) is 0 Å². The van der Waals surface area contributed by atoms with Gasteiger partial charge in [-0.05, 0) is 29.0 Å². The smallest absolute Gasteiger partial charge is 0.258 e. The van der Waals surface area contributed by atoms with Crippen LogP contribution in [0.5, 0.6) is 5.75 Å². The maximum atomic E-state index is 5.51. The van der Waals surface area contributed by atoms with Crippen LogP contribution in [0.2, 0.25) is 0 Å². The van der Waals surface area contributed by atoms with Crippen LogP contribution in [-0.4, -0.2) is 22.2 Å². The summed E-state index contributed by atoms with van der Waals surface area (Å²) < 4.78 is 10.9. The first kappa shape index (κ1) is 17.9. The highest BCUT2D eigenvalue weighted by Crippen LogP contribution is 2.24. The Morgan fingerprint density at radius 3 is 2.74 bits per heavy atom. The Hall–Kier alpha value is -2.48. The monoisotopic (exact) mass is 397 g/mol. The molecule has 138 valence electrons. The van der Waals surface area contributed by atoms with Gasteiger partial charge in [0.15, 0.2) is 5.82 Å². The van der Waals surface area contributed by atoms with E-state index in [1.54, 1.807) is 29.8 Å². The predicted molar refractivity (Wildman–Crippen MR) is 108 cm³/mol. The number of ether oxygens (including phenoxy) is 1. The van der Waals surface area contributed by atoms with E-state index in [2.05, 4.69) is 38.6 Å². The van der Waals surface area contributed by atoms with Gasteiger partial charge in [0.05, 0.1) is 19.2 Å². The Morgan fingerprint density at radius 1 is 1.04 bits per heavy atom. The van der Waals surface area contributed by atoms with Crippen LogP contribution in [0.3, 0.4) is 0 Å². The number of thiophene rings is 2. The molecular weight excluding hydrogens is 378 g/mol. The summed E-state index contributed by atoms with van der Waals surface area (Å²) >= 11 is 3.37. The number of nitrogens with zero attached hydrogens (tertiary/aromatic N) is 3. The van der Waals surface area contributed by atoms with Crippen molar-refractivity contribution in [2.75, 3.05) is 7.11 Å². The van der Waals surface area contributed by atoms with Crippen molar-refractivity contribution in [1.82, 2.24) is 15.0 Å². The highest BCUT2D eigenvalue weighted by molar-refractivity contribution is 7.09. The van der Waals surface area contributed by atoms with Crippen LogP contribution >= 0.6 is 22.7 Å². The van der Waals surface area contributed by atoms with Gasteiger partial charge in [0.1, 0.15) is 5.75 Å². The van der Waals surface area contributed by atoms with Gasteiger partial charge >= 0.3 is 0 Å². The molecule has 0 bridgehead atoms. The van der Waals surface area contributed by atoms with Crippen LogP contribution < -0.4 is 4.74 Å². The van der Waals surface area contributed by atoms with Crippen LogP contribution in [0.1, 0.15) is 16.3 Å². The third kappa shape index (κ3) is 4.44. The SMILES string of the molecule is COc1ccccc1CN(Cc1noc(-c2ccsc2)n1)Cc1cccs1. The van der Waals surface area contributed by atoms with Crippen molar-refractivity contribution in [1.29, 1.82) is 0 Å². The van der Waals surface area contributed by atoms with Crippen molar-refractivity contribution < 1.29 is 9.26 Å². The van der Waals surface area contributed by atoms with E-state index in [0.29, 0.717) is 18.3 Å². The van der Waals surface area contributed by atoms with Gasteiger partial charge in [0.2, 0.25) is 0 Å². The lowest BCUT2D eigenvalue weighted by Gasteiger charge is -2.21. The highest BCUT2D eigenvalue weighted by atomic mass is 32.1. The van der Waals surface area contributed by atoms with Crippen LogP contribution in [0.25, 0.3) is 11.5 Å². The van der Waals surface area contributed by atoms with E-state index < -0.39 is 0 Å². The first-order chi connectivity index (χ1) is 13.3. The number of para-hydroxylation sites is 1. The van der Waals surface area contributed by atoms with Gasteiger partial charge in [-0.3, -0.25) is 4.90 Å². The lowest BCUT2D eigenvalue weighted by Crippen LogP contribution is -2.23. The Morgan fingerprint density at radius 2 is 1.96 bits per heavy atom. The third-order valence-electron chi connectivity index (χ3n) is 4.15. The van der Waals surface area contributed by atoms with Crippen molar-refractivity contribution in [3.05, 3.63) is 74.9 Å². The second-order valence-corrected chi connectivity index (χ2v) is 7.88. The molecule has 0 aliphatic rings. The minimum atomic E-state index is 0.569. The summed E-state index contributed by atoms with van der Waals surface area (Å²) in [6.07, 6.45) is 0. The Labute approximate surface area is 165 Å². The molecule has 0 fully saturated rings. The number of hydrogen-bond acceptors (Lipinski definition) is 7. The van der Waals surface area contributed by atoms with E-state index in [0.717, 1.165) is 30.0 Å². The predicted octanol–water partition coefficient (Wildman–Crippen LogP) is 5.07. The second-order valence-electron chi connectivity index (χ2n) is 6.06. The minimum Gasteiger partial charge on any atom is -0.496 e. The molecule has 0 unspecified atom stereocenters. The zero-order valence-corrected chi connectivity index (χ0v) is 16.5. The fraction of sp³-hybridized carbons (Fsp3) is 0.200. The average molecular weight is 398 g/mol. The molecule has 0 radical (unpaired) electrons. The molecule has 0 atom stereocenters. The van der Waals surface area contributed by atoms with Gasteiger partial charge in [0.25, 0.3) is 5.89 Å². The fourth-order valence-electron chi connectivity index (χ4n) is 2.89. The molecule has 0 amide bonds. The van der Waals surface area contributed by atoms with Crippen LogP contribution in [0.4, 0.5) is 0 Å². The van der Waals surface area contributed by atoms with Crippen molar-refractivity contribution in [2.45, 2.75) is 19.6 Å². The summed E-state index contributed by atoms with van der Waals surface area (Å²) in [4.78, 5) is 8.16. The van der Waals surface area contributed by atoms with Gasteiger partial charge in [-0.1, -0.05) is 29.4 Å². The molecule has 4 rings (SSSR count). The quantitative estimate of drug-likeness (QED) is 0.415. The van der Waals surface area contributed by atoms with E-state index in [9.17, 15) is 0 Å². The molecule has 27 heavy (non-hydrogen) atoms. The maximum absolute atomic E-state index is 5.51. The Kier molecular flexibility index (Phi) is 5.62. The van der Waals surface area contributed by atoms with Gasteiger partial charge in [-0.2, -0.15) is 16.3 Å². The minimum absolute atomic E-state index is 0.569. The molecule has 0 aliphatic carbocycles. The Bertz CT molecular complexity index is 965. The number of hydrogen-bond donors (Lipinski definition) is 0. The van der Waals surface area contributed by atoms with Gasteiger partial charge in [-0.25, -0.2) is 0 Å². The molecule has 0 saturated carbocycles. The summed E-state index contributed by atoms with van der Waals surface area (Å²) in [5, 5.41) is 10.3. The molecule has 0 aliphatic heterocycles. The number of benzene rings is 1. The largest absolute Gasteiger partial charge is 0.496 e. The molecule has 7 heteroatoms. The summed E-state index contributed by atoms with van der Waals surface area (Å²) in [5.74, 6) is 2.14. The van der Waals surface area contributed by atoms with E-state index in [-0.39, 0.29) is 0 Å². The molecule has 0 N–H and O–H groups in total. The molecule has 0 spiro atoms. The molecular formula is C20H19N3O2S2. The van der Waals surface area contributed by atoms with Gasteiger partial charge in [-0.15, -0.1) is 11.3 Å². The fourth-order valence-corrected chi connectivity index (χ4v) is 4.26. The second kappa shape index (κ2) is 8.47. The standard InChI is InChI=1S/C20H19N3O2S2/c1-24-18-7-3-2-5-15(18)11-23(12-17-6-4-9-27-17)13-19-21-20(25-22-19)16-8-10-26-14-16/h2-10,14H,11-13H2,1H3. The lowest BCUT2D eigenvalue weighted by molar-refractivity contribution is 0.236. The normalized spacial score (nSPS) is 11.2. The van der Waals surface area contributed by atoms with Crippen LogP contribution in [0, 0.1) is 0 Å². The third-order valence-corrected chi connectivity index (χ3v) is 5.69. The Balaban J connectivity index is 1.54. The summed E-state index contributed by atoms with van der Waals surface area (Å²) in [6.45, 7) is 2.16. The molecule has 5 nitrogen and oxygen atoms in total. The van der Waals surface area contributed by atoms with Crippen LogP contribution in [-0.2, 0) is 19.6 Å². The first-order valence-corrected chi connectivity index (χ1v) is 10.4. The van der Waals surface area contributed by atoms with E-state index in [1.165, 1.54) is 4.88 Å². The zero-order valence-electron chi connectivity index (χ0n) is 14.9. The molecule has 3 aromatic heterocycles. The first-order valence-electron chi connectivity index (χ1n) is 8.53. The zero-order chi connectivity index (χ0) is 18.5. The van der Waals surface area contributed by atoms with Crippen LogP contribution in [0.15, 0.2) is 63.1 Å². The maximum Gasteiger partial charge on any atom is 0.258 e. The molecule has 1 aromatic carbocycles. The summed E-state index contributed by atoms with van der Waals surface area (Å²) in [7, 11) is 1.70. The van der Waals surface area contributed by atoms with Crippen molar-refractivity contribution >= 4 is 22.7 Å². The number of rotatable bonds is 8. The van der Waals surface area contributed by atoms with Crippen molar-refractivity contribution in [3.63, 3.8) is 0 Å². The topological polar surface area (TPSA) is 51.4 Å². The summed E-state index contributed by atoms with van der Waals surface area (Å²) in [6, 6.07) is 14.3. The lowest BCUT2D eigenvalue weighted by atomic mass is 10.2. The van der Waals surface area contributed by atoms with E-state index >= 15 is 0 Å². The van der Waals surface area contributed by atoms with Gasteiger partial charge in [0, 0.05) is 28.9 Å². The number of aromatic nitrogens is 2. The number of methoxy groups -OCH3 is 1. The van der Waals surface area contributed by atoms with Gasteiger partial charge < -0.3 is 9.26 Å². The van der Waals surface area contributed by atoms with E-state index in [1.807, 2.05) is 35.0 Å². The summed E-state index contributed by atoms with van der Waals surface area (Å²) in [5.41, 5.74) is 2.10. The molecule has 4 aromatic rings. The van der Waals surface area contributed by atoms with Crippen molar-refractivity contribution in [3.8, 4) is 17.2 Å². The molecule has 0 saturated heterocycles. The molecule has 3 heterocycles. The average Bonchev–Trinajstić information content (AvgIpc) is 3.44.